The Morgan fingerprint density at radius 2 is 0.889 bits per heavy atom. The number of fused-ring (bicyclic) bond motifs is 5. The van der Waals surface area contributed by atoms with Gasteiger partial charge in [0, 0.05) is 22.1 Å². The van der Waals surface area contributed by atoms with E-state index in [-0.39, 0.29) is 11.1 Å². The van der Waals surface area contributed by atoms with Crippen molar-refractivity contribution in [1.29, 1.82) is 0 Å². The van der Waals surface area contributed by atoms with Crippen molar-refractivity contribution in [2.45, 2.75) is 0 Å². The van der Waals surface area contributed by atoms with Crippen molar-refractivity contribution in [3.05, 3.63) is 212 Å². The maximum atomic E-state index is 9.70. The minimum atomic E-state index is -1.18. The molecule has 10 aromatic rings. The van der Waals surface area contributed by atoms with Gasteiger partial charge in [-0.15, -0.1) is 0 Å². The van der Waals surface area contributed by atoms with Crippen molar-refractivity contribution >= 4 is 49.8 Å². The molecule has 0 fully saturated rings. The Hall–Kier alpha value is -7.16. The molecular formula is C52H35NO. The lowest BCUT2D eigenvalue weighted by Crippen LogP contribution is -2.10. The zero-order chi connectivity index (χ0) is 58.5. The molecule has 0 bridgehead atoms. The first-order chi connectivity index (χ1) is 37.6. The quantitative estimate of drug-likeness (QED) is 0.163. The summed E-state index contributed by atoms with van der Waals surface area (Å²) < 4.78 is 241. The standard InChI is InChI=1S/C52H35NO/c1-3-10-36(11-4-1)38-18-22-40(23-19-38)42-26-31-45(32-27-42)53(46-33-28-43(29-34-46)41-24-20-39(21-25-41)37-12-5-2-6-13-37)49-16-9-17-50-51(49)48-35-30-44-14-7-8-15-47(44)52(48)54-50/h1-35H/i1D,3D,4D,7D,8D,9D,10D,11D,14D,15D,16D,17D,18D,19D,22D,23D,26D,27D,28D,29D,30D,31D,32D,33D,34D,35D. The van der Waals surface area contributed by atoms with Crippen molar-refractivity contribution < 1.29 is 40.1 Å². The second kappa shape index (κ2) is 13.4. The van der Waals surface area contributed by atoms with E-state index >= 15 is 0 Å². The third kappa shape index (κ3) is 5.71. The molecule has 0 saturated heterocycles. The van der Waals surface area contributed by atoms with Crippen LogP contribution in [0.1, 0.15) is 35.6 Å². The van der Waals surface area contributed by atoms with E-state index in [1.165, 1.54) is 0 Å². The highest BCUT2D eigenvalue weighted by Crippen LogP contribution is 2.45. The Balaban J connectivity index is 1.34. The van der Waals surface area contributed by atoms with Crippen molar-refractivity contribution in [3.8, 4) is 44.5 Å². The van der Waals surface area contributed by atoms with Crippen LogP contribution < -0.4 is 4.90 Å². The van der Waals surface area contributed by atoms with E-state index < -0.39 is 229 Å². The normalized spacial score (nSPS) is 18.1. The number of hydrogen-bond donors (Lipinski definition) is 0. The van der Waals surface area contributed by atoms with Gasteiger partial charge in [-0.1, -0.05) is 169 Å². The molecule has 1 aromatic heterocycles. The van der Waals surface area contributed by atoms with Gasteiger partial charge in [-0.25, -0.2) is 0 Å². The summed E-state index contributed by atoms with van der Waals surface area (Å²) in [6.45, 7) is 0. The zero-order valence-electron chi connectivity index (χ0n) is 53.6. The van der Waals surface area contributed by atoms with Crippen molar-refractivity contribution in [2.24, 2.45) is 0 Å². The van der Waals surface area contributed by atoms with E-state index in [1.807, 2.05) is 30.3 Å². The highest BCUT2D eigenvalue weighted by Gasteiger charge is 2.20. The van der Waals surface area contributed by atoms with Gasteiger partial charge in [0.05, 0.1) is 46.7 Å². The van der Waals surface area contributed by atoms with Crippen molar-refractivity contribution in [2.75, 3.05) is 4.90 Å². The fourth-order valence-electron chi connectivity index (χ4n) is 5.96. The summed E-state index contributed by atoms with van der Waals surface area (Å²) in [5.41, 5.74) is -5.82. The molecule has 0 radical (unpaired) electrons. The van der Waals surface area contributed by atoms with Crippen LogP contribution in [0.5, 0.6) is 0 Å². The van der Waals surface area contributed by atoms with Crippen LogP contribution in [0.3, 0.4) is 0 Å². The van der Waals surface area contributed by atoms with Gasteiger partial charge in [0.2, 0.25) is 0 Å². The van der Waals surface area contributed by atoms with Gasteiger partial charge in [-0.05, 0) is 92.2 Å². The summed E-state index contributed by atoms with van der Waals surface area (Å²) in [4.78, 5) is 0.564. The second-order valence-corrected chi connectivity index (χ2v) is 11.7. The molecule has 0 saturated carbocycles. The Labute approximate surface area is 351 Å². The topological polar surface area (TPSA) is 16.4 Å². The second-order valence-electron chi connectivity index (χ2n) is 11.7. The van der Waals surface area contributed by atoms with Gasteiger partial charge in [0.15, 0.2) is 0 Å². The van der Waals surface area contributed by atoms with E-state index in [4.69, 9.17) is 26.3 Å². The lowest BCUT2D eigenvalue weighted by molar-refractivity contribution is 0.672. The van der Waals surface area contributed by atoms with Gasteiger partial charge < -0.3 is 9.32 Å². The number of nitrogens with zero attached hydrogens (tertiary/aromatic N) is 1. The van der Waals surface area contributed by atoms with Gasteiger partial charge in [-0.3, -0.25) is 0 Å². The lowest BCUT2D eigenvalue weighted by Gasteiger charge is -2.26. The highest BCUT2D eigenvalue weighted by molar-refractivity contribution is 6.19. The number of anilines is 3. The van der Waals surface area contributed by atoms with E-state index in [9.17, 15) is 13.7 Å². The smallest absolute Gasteiger partial charge is 0.143 e. The van der Waals surface area contributed by atoms with Gasteiger partial charge in [0.25, 0.3) is 0 Å². The minimum absolute atomic E-state index is 0.181. The zero-order valence-corrected chi connectivity index (χ0v) is 27.6. The average Bonchev–Trinajstić information content (AvgIpc) is 4.00. The summed E-state index contributed by atoms with van der Waals surface area (Å²) in [7, 11) is 0. The Morgan fingerprint density at radius 1 is 0.370 bits per heavy atom. The molecular weight excluding hydrogens is 655 g/mol. The van der Waals surface area contributed by atoms with Crippen LogP contribution in [-0.2, 0) is 0 Å². The number of furan rings is 1. The Morgan fingerprint density at radius 3 is 1.54 bits per heavy atom. The molecule has 1 heterocycles. The van der Waals surface area contributed by atoms with Crippen molar-refractivity contribution in [3.63, 3.8) is 0 Å². The third-order valence-corrected chi connectivity index (χ3v) is 8.53. The van der Waals surface area contributed by atoms with Crippen LogP contribution in [0.25, 0.3) is 77.2 Å². The molecule has 9 aromatic carbocycles. The molecule has 0 aliphatic rings. The summed E-state index contributed by atoms with van der Waals surface area (Å²) in [6.07, 6.45) is 0. The SMILES string of the molecule is [2H]c1c([2H])c([2H])c(-c2c([2H])c([2H])c(-c3c([2H])c([2H])c(N(c4c([2H])c([2H])c(-c5ccc(-c6ccccc6)cc5)c([2H])c4[2H])c4c([2H])c([2H])c([2H])c5oc6c7c([2H])c([2H])c([2H])c([2H])c7c([2H])c([2H])c6c45)c([2H])c3[2H])c([2H])c2[2H])c([2H])c1[2H]. The molecule has 0 aliphatic carbocycles. The highest BCUT2D eigenvalue weighted by atomic mass is 16.3. The molecule has 0 unspecified atom stereocenters. The van der Waals surface area contributed by atoms with Crippen LogP contribution in [0.2, 0.25) is 0 Å². The summed E-state index contributed by atoms with van der Waals surface area (Å²) in [5.74, 6) is 0. The predicted octanol–water partition coefficient (Wildman–Crippen LogP) is 14.9. The maximum Gasteiger partial charge on any atom is 0.143 e. The third-order valence-electron chi connectivity index (χ3n) is 8.53. The summed E-state index contributed by atoms with van der Waals surface area (Å²) >= 11 is 0. The predicted molar refractivity (Wildman–Crippen MR) is 228 cm³/mol. The molecule has 0 spiro atoms. The largest absolute Gasteiger partial charge is 0.455 e. The van der Waals surface area contributed by atoms with E-state index in [2.05, 4.69) is 0 Å². The first-order valence-electron chi connectivity index (χ1n) is 29.3. The summed E-state index contributed by atoms with van der Waals surface area (Å²) in [6, 6.07) is -8.53. The van der Waals surface area contributed by atoms with Gasteiger partial charge in [0.1, 0.15) is 11.2 Å². The van der Waals surface area contributed by atoms with E-state index in [1.54, 1.807) is 24.3 Å². The fraction of sp³-hybridized carbons (Fsp3) is 0. The maximum absolute atomic E-state index is 9.70. The Bertz CT molecular complexity index is 4310. The number of rotatable bonds is 7. The van der Waals surface area contributed by atoms with E-state index in [0.717, 1.165) is 11.1 Å². The number of hydrogen-bond acceptors (Lipinski definition) is 2. The first kappa shape index (κ1) is 14.7. The van der Waals surface area contributed by atoms with E-state index in [0.29, 0.717) is 4.90 Å². The molecule has 2 heteroatoms. The average molecular weight is 716 g/mol. The molecule has 0 amide bonds. The van der Waals surface area contributed by atoms with Crippen LogP contribution in [-0.4, -0.2) is 0 Å². The molecule has 54 heavy (non-hydrogen) atoms. The van der Waals surface area contributed by atoms with Crippen LogP contribution in [0, 0.1) is 0 Å². The summed E-state index contributed by atoms with van der Waals surface area (Å²) in [5, 5.41) is -2.13. The van der Waals surface area contributed by atoms with Gasteiger partial charge >= 0.3 is 0 Å². The van der Waals surface area contributed by atoms with Crippen LogP contribution >= 0.6 is 0 Å². The lowest BCUT2D eigenvalue weighted by atomic mass is 9.99. The number of benzene rings is 9. The van der Waals surface area contributed by atoms with Crippen LogP contribution in [0.4, 0.5) is 17.1 Å². The molecule has 2 nitrogen and oxygen atoms in total. The first-order valence-corrected chi connectivity index (χ1v) is 16.3. The molecule has 254 valence electrons. The van der Waals surface area contributed by atoms with Gasteiger partial charge in [-0.2, -0.15) is 0 Å². The van der Waals surface area contributed by atoms with Crippen molar-refractivity contribution in [1.82, 2.24) is 0 Å². The van der Waals surface area contributed by atoms with Crippen LogP contribution in [0.15, 0.2) is 216 Å². The molecule has 10 rings (SSSR count). The molecule has 0 N–H and O–H groups in total. The molecule has 0 atom stereocenters. The molecule has 0 aliphatic heterocycles. The minimum Gasteiger partial charge on any atom is -0.455 e. The Kier molecular flexibility index (Phi) is 3.65. The monoisotopic (exact) mass is 715 g/mol. The fourth-order valence-corrected chi connectivity index (χ4v) is 5.96.